The van der Waals surface area contributed by atoms with Crippen molar-refractivity contribution in [2.75, 3.05) is 6.54 Å². The minimum Gasteiger partial charge on any atom is -0.334 e. The molecule has 0 bridgehead atoms. The average molecular weight is 366 g/mol. The molecule has 0 aromatic carbocycles. The largest absolute Gasteiger partial charge is 0.334 e. The lowest BCUT2D eigenvalue weighted by molar-refractivity contribution is 0.0596. The third kappa shape index (κ3) is 3.70. The third-order valence-corrected chi connectivity index (χ3v) is 5.91. The molecule has 3 aromatic heterocycles. The molecule has 26 heavy (non-hydrogen) atoms. The number of aryl methyl sites for hydroxylation is 1. The summed E-state index contributed by atoms with van der Waals surface area (Å²) in [4.78, 5) is 20.5. The number of pyridine rings is 1. The first kappa shape index (κ1) is 17.0. The van der Waals surface area contributed by atoms with Gasteiger partial charge in [0.05, 0.1) is 5.69 Å². The van der Waals surface area contributed by atoms with Gasteiger partial charge in [0.25, 0.3) is 5.91 Å². The lowest BCUT2D eigenvalue weighted by Crippen LogP contribution is -2.44. The number of carbonyl (C=O) groups is 1. The Kier molecular flexibility index (Phi) is 5.11. The van der Waals surface area contributed by atoms with Crippen LogP contribution in [0.5, 0.6) is 0 Å². The van der Waals surface area contributed by atoms with Crippen molar-refractivity contribution in [1.29, 1.82) is 0 Å². The molecule has 4 heterocycles. The van der Waals surface area contributed by atoms with Gasteiger partial charge in [-0.3, -0.25) is 14.9 Å². The summed E-state index contributed by atoms with van der Waals surface area (Å²) >= 11 is 1.79. The van der Waals surface area contributed by atoms with E-state index in [0.29, 0.717) is 11.7 Å². The molecule has 1 N–H and O–H groups in total. The molecule has 1 unspecified atom stereocenters. The van der Waals surface area contributed by atoms with E-state index in [4.69, 9.17) is 0 Å². The molecule has 6 heteroatoms. The van der Waals surface area contributed by atoms with Crippen LogP contribution >= 0.6 is 11.3 Å². The van der Waals surface area contributed by atoms with Crippen molar-refractivity contribution in [3.8, 4) is 11.3 Å². The highest BCUT2D eigenvalue weighted by Crippen LogP contribution is 2.25. The van der Waals surface area contributed by atoms with Crippen molar-refractivity contribution in [3.63, 3.8) is 0 Å². The Morgan fingerprint density at radius 3 is 2.96 bits per heavy atom. The van der Waals surface area contributed by atoms with E-state index in [9.17, 15) is 4.79 Å². The Morgan fingerprint density at radius 1 is 1.27 bits per heavy atom. The lowest BCUT2D eigenvalue weighted by Gasteiger charge is -2.35. The summed E-state index contributed by atoms with van der Waals surface area (Å²) in [5.74, 6) is 0.0636. The number of aromatic amines is 1. The molecule has 1 aliphatic heterocycles. The molecule has 1 saturated heterocycles. The zero-order valence-corrected chi connectivity index (χ0v) is 15.4. The van der Waals surface area contributed by atoms with Gasteiger partial charge in [-0.15, -0.1) is 11.3 Å². The van der Waals surface area contributed by atoms with E-state index in [2.05, 4.69) is 32.7 Å². The highest BCUT2D eigenvalue weighted by Gasteiger charge is 2.28. The number of carbonyl (C=O) groups excluding carboxylic acids is 1. The SMILES string of the molecule is O=C(c1cc(-c2ccncc2)n[nH]1)N1CCCCC1CCc1cccs1. The highest BCUT2D eigenvalue weighted by molar-refractivity contribution is 7.09. The van der Waals surface area contributed by atoms with Gasteiger partial charge < -0.3 is 4.90 Å². The molecule has 0 radical (unpaired) electrons. The predicted octanol–water partition coefficient (Wildman–Crippen LogP) is 4.16. The second kappa shape index (κ2) is 7.83. The van der Waals surface area contributed by atoms with Crippen LogP contribution in [0.2, 0.25) is 0 Å². The maximum absolute atomic E-state index is 13.1. The van der Waals surface area contributed by atoms with Gasteiger partial charge in [-0.25, -0.2) is 0 Å². The number of piperidine rings is 1. The van der Waals surface area contributed by atoms with Crippen molar-refractivity contribution in [2.45, 2.75) is 38.1 Å². The van der Waals surface area contributed by atoms with E-state index in [0.717, 1.165) is 43.5 Å². The lowest BCUT2D eigenvalue weighted by atomic mass is 9.97. The first-order valence-corrected chi connectivity index (χ1v) is 9.98. The molecular formula is C20H22N4OS. The summed E-state index contributed by atoms with van der Waals surface area (Å²) < 4.78 is 0. The van der Waals surface area contributed by atoms with E-state index in [1.165, 1.54) is 11.3 Å². The van der Waals surface area contributed by atoms with Crippen LogP contribution in [0.15, 0.2) is 48.1 Å². The molecule has 4 rings (SSSR count). The van der Waals surface area contributed by atoms with Crippen molar-refractivity contribution >= 4 is 17.2 Å². The molecule has 134 valence electrons. The predicted molar refractivity (Wildman–Crippen MR) is 103 cm³/mol. The summed E-state index contributed by atoms with van der Waals surface area (Å²) in [5.41, 5.74) is 2.31. The minimum atomic E-state index is 0.0636. The molecule has 1 amide bonds. The maximum Gasteiger partial charge on any atom is 0.272 e. The Bertz CT molecular complexity index is 844. The summed E-state index contributed by atoms with van der Waals surface area (Å²) in [5, 5.41) is 9.36. The topological polar surface area (TPSA) is 61.9 Å². The molecule has 0 saturated carbocycles. The number of aromatic nitrogens is 3. The molecule has 0 spiro atoms. The molecule has 5 nitrogen and oxygen atoms in total. The Labute approximate surface area is 157 Å². The Hall–Kier alpha value is -2.47. The number of amides is 1. The van der Waals surface area contributed by atoms with Gasteiger partial charge in [0.1, 0.15) is 5.69 Å². The molecule has 1 atom stereocenters. The molecular weight excluding hydrogens is 344 g/mol. The van der Waals surface area contributed by atoms with Crippen LogP contribution in [0.4, 0.5) is 0 Å². The number of hydrogen-bond donors (Lipinski definition) is 1. The molecule has 1 aliphatic rings. The first-order valence-electron chi connectivity index (χ1n) is 9.10. The summed E-state index contributed by atoms with van der Waals surface area (Å²) in [6.07, 6.45) is 8.89. The first-order chi connectivity index (χ1) is 12.8. The normalized spacial score (nSPS) is 17.4. The summed E-state index contributed by atoms with van der Waals surface area (Å²) in [7, 11) is 0. The van der Waals surface area contributed by atoms with Gasteiger partial charge in [-0.1, -0.05) is 6.07 Å². The zero-order chi connectivity index (χ0) is 17.8. The van der Waals surface area contributed by atoms with Gasteiger partial charge in [-0.2, -0.15) is 5.10 Å². The number of likely N-dealkylation sites (tertiary alicyclic amines) is 1. The van der Waals surface area contributed by atoms with Crippen molar-refractivity contribution < 1.29 is 4.79 Å². The molecule has 1 fully saturated rings. The van der Waals surface area contributed by atoms with E-state index in [1.807, 2.05) is 23.1 Å². The number of rotatable bonds is 5. The number of H-pyrrole nitrogens is 1. The van der Waals surface area contributed by atoms with Gasteiger partial charge in [0.2, 0.25) is 0 Å². The van der Waals surface area contributed by atoms with Crippen LogP contribution in [-0.4, -0.2) is 38.6 Å². The average Bonchev–Trinajstić information content (AvgIpc) is 3.39. The van der Waals surface area contributed by atoms with Crippen molar-refractivity contribution in [1.82, 2.24) is 20.1 Å². The van der Waals surface area contributed by atoms with Crippen LogP contribution in [-0.2, 0) is 6.42 Å². The fourth-order valence-corrected chi connectivity index (χ4v) is 4.31. The maximum atomic E-state index is 13.1. The summed E-state index contributed by atoms with van der Waals surface area (Å²) in [6, 6.07) is 10.2. The van der Waals surface area contributed by atoms with E-state index < -0.39 is 0 Å². The molecule has 0 aliphatic carbocycles. The summed E-state index contributed by atoms with van der Waals surface area (Å²) in [6.45, 7) is 0.831. The highest BCUT2D eigenvalue weighted by atomic mass is 32.1. The number of nitrogens with one attached hydrogen (secondary N) is 1. The standard InChI is InChI=1S/C20H22N4OS/c25-20(19-14-18(22-23-19)15-8-10-21-11-9-15)24-12-2-1-4-16(24)6-7-17-5-3-13-26-17/h3,5,8-11,13-14,16H,1-2,4,6-7,12H2,(H,22,23). The van der Waals surface area contributed by atoms with Crippen LogP contribution in [0.1, 0.15) is 41.0 Å². The van der Waals surface area contributed by atoms with Crippen LogP contribution in [0.3, 0.4) is 0 Å². The third-order valence-electron chi connectivity index (χ3n) is 4.98. The van der Waals surface area contributed by atoms with Crippen LogP contribution in [0, 0.1) is 0 Å². The number of thiophene rings is 1. The minimum absolute atomic E-state index is 0.0636. The van der Waals surface area contributed by atoms with Crippen LogP contribution < -0.4 is 0 Å². The fourth-order valence-electron chi connectivity index (χ4n) is 3.59. The second-order valence-electron chi connectivity index (χ2n) is 6.67. The van der Waals surface area contributed by atoms with E-state index >= 15 is 0 Å². The van der Waals surface area contributed by atoms with Crippen molar-refractivity contribution in [2.24, 2.45) is 0 Å². The van der Waals surface area contributed by atoms with Crippen LogP contribution in [0.25, 0.3) is 11.3 Å². The Morgan fingerprint density at radius 2 is 2.15 bits per heavy atom. The van der Waals surface area contributed by atoms with E-state index in [1.54, 1.807) is 23.7 Å². The number of hydrogen-bond acceptors (Lipinski definition) is 4. The van der Waals surface area contributed by atoms with Crippen molar-refractivity contribution in [3.05, 3.63) is 58.7 Å². The van der Waals surface area contributed by atoms with Gasteiger partial charge >= 0.3 is 0 Å². The Balaban J connectivity index is 1.47. The van der Waals surface area contributed by atoms with E-state index in [-0.39, 0.29) is 5.91 Å². The van der Waals surface area contributed by atoms with Gasteiger partial charge in [0.15, 0.2) is 0 Å². The smallest absolute Gasteiger partial charge is 0.272 e. The second-order valence-corrected chi connectivity index (χ2v) is 7.70. The van der Waals surface area contributed by atoms with Gasteiger partial charge in [-0.05, 0) is 61.7 Å². The fraction of sp³-hybridized carbons (Fsp3) is 0.350. The quantitative estimate of drug-likeness (QED) is 0.737. The molecule has 3 aromatic rings. The monoisotopic (exact) mass is 366 g/mol. The van der Waals surface area contributed by atoms with Gasteiger partial charge in [0, 0.05) is 35.4 Å². The zero-order valence-electron chi connectivity index (χ0n) is 14.6. The number of nitrogens with zero attached hydrogens (tertiary/aromatic N) is 3.